The molecule has 13 heteroatoms. The molecule has 0 amide bonds. The molecule has 0 bridgehead atoms. The first-order chi connectivity index (χ1) is 20.9. The van der Waals surface area contributed by atoms with E-state index in [2.05, 4.69) is 12.5 Å². The molecule has 0 aliphatic rings. The van der Waals surface area contributed by atoms with Crippen LogP contribution in [0, 0.1) is 12.3 Å². The Bertz CT molecular complexity index is 548. The van der Waals surface area contributed by atoms with Crippen LogP contribution in [-0.4, -0.2) is 165 Å². The quantitative estimate of drug-likeness (QED) is 0.0562. The predicted octanol–water partition coefficient (Wildman–Crippen LogP) is 0.979. The second-order valence-corrected chi connectivity index (χ2v) is 8.03. The van der Waals surface area contributed by atoms with E-state index in [4.69, 9.17) is 68.0 Å². The Kier molecular flexibility index (Phi) is 38.3. The lowest BCUT2D eigenvalue weighted by molar-refractivity contribution is -0.0284. The summed E-state index contributed by atoms with van der Waals surface area (Å²) in [6.07, 6.45) is 6.47. The fourth-order valence-electron chi connectivity index (χ4n) is 2.74. The standard InChI is InChI=1S/C29H54O13/c1-3-5-31-8-9-33-12-13-35-16-17-37-20-21-39-24-25-41-28-29-42-27-26-40-23-22-38-19-18-36-15-14-34-11-10-32-7-6-30-4-2/h1,4H,2,5-29H2. The Hall–Kier alpha value is -1.38. The average Bonchev–Trinajstić information content (AvgIpc) is 3.00. The Balaban J connectivity index is 3.03. The molecule has 0 aromatic heterocycles. The third-order valence-electron chi connectivity index (χ3n) is 4.74. The second kappa shape index (κ2) is 39.6. The third-order valence-corrected chi connectivity index (χ3v) is 4.74. The summed E-state index contributed by atoms with van der Waals surface area (Å²) in [5, 5.41) is 0. The van der Waals surface area contributed by atoms with Gasteiger partial charge in [0.2, 0.25) is 0 Å². The Morgan fingerprint density at radius 2 is 0.524 bits per heavy atom. The van der Waals surface area contributed by atoms with Crippen LogP contribution in [0.25, 0.3) is 0 Å². The summed E-state index contributed by atoms with van der Waals surface area (Å²) in [7, 11) is 0. The largest absolute Gasteiger partial charge is 0.499 e. The molecule has 0 spiro atoms. The van der Waals surface area contributed by atoms with Gasteiger partial charge in [0, 0.05) is 0 Å². The molecule has 248 valence electrons. The van der Waals surface area contributed by atoms with E-state index in [-0.39, 0.29) is 0 Å². The number of rotatable bonds is 38. The second-order valence-electron chi connectivity index (χ2n) is 8.03. The molecule has 0 unspecified atom stereocenters. The molecule has 0 atom stereocenters. The summed E-state index contributed by atoms with van der Waals surface area (Å²) in [4.78, 5) is 0. The van der Waals surface area contributed by atoms with Crippen LogP contribution < -0.4 is 0 Å². The molecule has 0 radical (unpaired) electrons. The van der Waals surface area contributed by atoms with E-state index in [0.717, 1.165) is 0 Å². The zero-order valence-electron chi connectivity index (χ0n) is 25.3. The zero-order valence-corrected chi connectivity index (χ0v) is 25.3. The molecule has 0 fully saturated rings. The van der Waals surface area contributed by atoms with Crippen LogP contribution in [0.5, 0.6) is 0 Å². The van der Waals surface area contributed by atoms with E-state index in [1.807, 2.05) is 0 Å². The van der Waals surface area contributed by atoms with Crippen molar-refractivity contribution in [1.82, 2.24) is 0 Å². The molecule has 0 rings (SSSR count). The van der Waals surface area contributed by atoms with E-state index in [1.54, 1.807) is 0 Å². The van der Waals surface area contributed by atoms with Crippen molar-refractivity contribution in [3.8, 4) is 12.3 Å². The van der Waals surface area contributed by atoms with Crippen LogP contribution in [0.15, 0.2) is 12.8 Å². The first-order valence-corrected chi connectivity index (χ1v) is 14.5. The van der Waals surface area contributed by atoms with E-state index < -0.39 is 0 Å². The van der Waals surface area contributed by atoms with Crippen molar-refractivity contribution in [3.63, 3.8) is 0 Å². The number of ether oxygens (including phenoxy) is 13. The van der Waals surface area contributed by atoms with Crippen molar-refractivity contribution in [3.05, 3.63) is 12.8 Å². The lowest BCUT2D eigenvalue weighted by atomic mass is 10.6. The Labute approximate surface area is 252 Å². The van der Waals surface area contributed by atoms with Crippen LogP contribution in [0.1, 0.15) is 0 Å². The maximum atomic E-state index is 5.46. The topological polar surface area (TPSA) is 120 Å². The minimum Gasteiger partial charge on any atom is -0.499 e. The molecule has 13 nitrogen and oxygen atoms in total. The predicted molar refractivity (Wildman–Crippen MR) is 155 cm³/mol. The van der Waals surface area contributed by atoms with Crippen LogP contribution in [0.4, 0.5) is 0 Å². The Morgan fingerprint density at radius 3 is 0.714 bits per heavy atom. The maximum absolute atomic E-state index is 5.46. The van der Waals surface area contributed by atoms with Gasteiger partial charge >= 0.3 is 0 Å². The summed E-state index contributed by atoms with van der Waals surface area (Å²) in [6.45, 7) is 16.0. The highest BCUT2D eigenvalue weighted by Gasteiger charge is 1.96. The highest BCUT2D eigenvalue weighted by molar-refractivity contribution is 4.82. The molecule has 0 N–H and O–H groups in total. The summed E-state index contributed by atoms with van der Waals surface area (Å²) in [6, 6.07) is 0. The lowest BCUT2D eigenvalue weighted by Gasteiger charge is -2.09. The minimum atomic E-state index is 0.307. The fourth-order valence-corrected chi connectivity index (χ4v) is 2.74. The molecule has 0 saturated heterocycles. The van der Waals surface area contributed by atoms with E-state index in [0.29, 0.717) is 165 Å². The van der Waals surface area contributed by atoms with Crippen molar-refractivity contribution < 1.29 is 61.6 Å². The van der Waals surface area contributed by atoms with Crippen molar-refractivity contribution >= 4 is 0 Å². The molecule has 0 aliphatic heterocycles. The molecular weight excluding hydrogens is 556 g/mol. The van der Waals surface area contributed by atoms with Gasteiger partial charge < -0.3 is 61.6 Å². The third kappa shape index (κ3) is 38.6. The molecule has 42 heavy (non-hydrogen) atoms. The van der Waals surface area contributed by atoms with Crippen molar-refractivity contribution in [1.29, 1.82) is 0 Å². The van der Waals surface area contributed by atoms with Gasteiger partial charge in [-0.2, -0.15) is 0 Å². The first-order valence-electron chi connectivity index (χ1n) is 14.5. The molecule has 0 saturated carbocycles. The van der Waals surface area contributed by atoms with Gasteiger partial charge in [0.05, 0.1) is 158 Å². The summed E-state index contributed by atoms with van der Waals surface area (Å²) >= 11 is 0. The van der Waals surface area contributed by atoms with Crippen LogP contribution >= 0.6 is 0 Å². The highest BCUT2D eigenvalue weighted by Crippen LogP contribution is 1.87. The number of hydrogen-bond acceptors (Lipinski definition) is 13. The molecular formula is C29H54O13. The van der Waals surface area contributed by atoms with Gasteiger partial charge in [0.25, 0.3) is 0 Å². The van der Waals surface area contributed by atoms with Gasteiger partial charge in [0.15, 0.2) is 0 Å². The minimum absolute atomic E-state index is 0.307. The summed E-state index contributed by atoms with van der Waals surface area (Å²) in [5.74, 6) is 2.40. The van der Waals surface area contributed by atoms with Gasteiger partial charge in [-0.25, -0.2) is 0 Å². The first kappa shape index (κ1) is 40.6. The highest BCUT2D eigenvalue weighted by atomic mass is 16.6. The zero-order chi connectivity index (χ0) is 30.3. The van der Waals surface area contributed by atoms with Gasteiger partial charge in [-0.05, 0) is 0 Å². The smallest absolute Gasteiger partial charge is 0.111 e. The summed E-state index contributed by atoms with van der Waals surface area (Å²) in [5.41, 5.74) is 0. The van der Waals surface area contributed by atoms with E-state index >= 15 is 0 Å². The van der Waals surface area contributed by atoms with Gasteiger partial charge in [0.1, 0.15) is 13.2 Å². The van der Waals surface area contributed by atoms with Crippen LogP contribution in [0.2, 0.25) is 0 Å². The van der Waals surface area contributed by atoms with Gasteiger partial charge in [-0.3, -0.25) is 0 Å². The SMILES string of the molecule is C#CCOCCOCCOCCOCCOCCOCCOCCOCCOCCOCCOCCOCCOC=C. The maximum Gasteiger partial charge on any atom is 0.111 e. The van der Waals surface area contributed by atoms with Gasteiger partial charge in [-0.15, -0.1) is 6.42 Å². The average molecular weight is 611 g/mol. The van der Waals surface area contributed by atoms with Crippen molar-refractivity contribution in [2.45, 2.75) is 0 Å². The van der Waals surface area contributed by atoms with Crippen molar-refractivity contribution in [2.75, 3.05) is 165 Å². The van der Waals surface area contributed by atoms with E-state index in [9.17, 15) is 0 Å². The van der Waals surface area contributed by atoms with Crippen LogP contribution in [-0.2, 0) is 61.6 Å². The monoisotopic (exact) mass is 610 g/mol. The summed E-state index contributed by atoms with van der Waals surface area (Å²) < 4.78 is 69.6. The van der Waals surface area contributed by atoms with Gasteiger partial charge in [-0.1, -0.05) is 12.5 Å². The van der Waals surface area contributed by atoms with Crippen LogP contribution in [0.3, 0.4) is 0 Å². The fraction of sp³-hybridized carbons (Fsp3) is 0.862. The van der Waals surface area contributed by atoms with E-state index in [1.165, 1.54) is 6.26 Å². The normalized spacial score (nSPS) is 11.1. The number of hydrogen-bond donors (Lipinski definition) is 0. The molecule has 0 aliphatic carbocycles. The van der Waals surface area contributed by atoms with Crippen molar-refractivity contribution in [2.24, 2.45) is 0 Å². The lowest BCUT2D eigenvalue weighted by Crippen LogP contribution is -2.15. The number of terminal acetylenes is 1. The Morgan fingerprint density at radius 1 is 0.333 bits per heavy atom. The molecule has 0 aromatic carbocycles. The molecule has 0 aromatic rings. The molecule has 0 heterocycles.